The van der Waals surface area contributed by atoms with Crippen LogP contribution in [0.2, 0.25) is 5.02 Å². The van der Waals surface area contributed by atoms with Gasteiger partial charge in [-0.05, 0) is 31.0 Å². The Balaban J connectivity index is 2.66. The van der Waals surface area contributed by atoms with Crippen LogP contribution in [0.1, 0.15) is 25.7 Å². The highest BCUT2D eigenvalue weighted by atomic mass is 35.5. The van der Waals surface area contributed by atoms with Gasteiger partial charge in [0.2, 0.25) is 0 Å². The predicted molar refractivity (Wildman–Crippen MR) is 73.5 cm³/mol. The van der Waals surface area contributed by atoms with Gasteiger partial charge in [0.15, 0.2) is 9.84 Å². The summed E-state index contributed by atoms with van der Waals surface area (Å²) in [6.07, 6.45) is 2.88. The number of halogens is 1. The lowest BCUT2D eigenvalue weighted by molar-refractivity contribution is 0.283. The second kappa shape index (κ2) is 6.97. The van der Waals surface area contributed by atoms with E-state index in [0.29, 0.717) is 18.5 Å². The predicted octanol–water partition coefficient (Wildman–Crippen LogP) is 2.25. The Morgan fingerprint density at radius 1 is 1.17 bits per heavy atom. The number of hydrogen-bond acceptors (Lipinski definition) is 4. The number of nitrogens with two attached hydrogens (primary N) is 1. The third kappa shape index (κ3) is 4.48. The second-order valence-electron chi connectivity index (χ2n) is 4.15. The van der Waals surface area contributed by atoms with Gasteiger partial charge in [0, 0.05) is 12.3 Å². The van der Waals surface area contributed by atoms with Crippen LogP contribution >= 0.6 is 11.6 Å². The van der Waals surface area contributed by atoms with Crippen molar-refractivity contribution in [1.82, 2.24) is 0 Å². The molecule has 0 spiro atoms. The molecule has 0 saturated carbocycles. The van der Waals surface area contributed by atoms with Crippen LogP contribution in [0.25, 0.3) is 0 Å². The lowest BCUT2D eigenvalue weighted by Gasteiger charge is -2.07. The van der Waals surface area contributed by atoms with Crippen molar-refractivity contribution in [3.05, 3.63) is 23.2 Å². The number of sulfone groups is 1. The Labute approximate surface area is 113 Å². The molecule has 0 saturated heterocycles. The highest BCUT2D eigenvalue weighted by Crippen LogP contribution is 2.25. The molecule has 0 atom stereocenters. The molecule has 0 aliphatic carbocycles. The van der Waals surface area contributed by atoms with Crippen LogP contribution in [-0.2, 0) is 9.84 Å². The van der Waals surface area contributed by atoms with Gasteiger partial charge in [-0.1, -0.05) is 24.4 Å². The van der Waals surface area contributed by atoms with E-state index in [1.807, 2.05) is 0 Å². The van der Waals surface area contributed by atoms with Crippen LogP contribution in [0.4, 0.5) is 5.69 Å². The van der Waals surface area contributed by atoms with E-state index >= 15 is 0 Å². The maximum Gasteiger partial charge on any atom is 0.179 e. The van der Waals surface area contributed by atoms with Crippen LogP contribution < -0.4 is 5.73 Å². The number of benzene rings is 1. The number of aliphatic hydroxyl groups excluding tert-OH is 1. The summed E-state index contributed by atoms with van der Waals surface area (Å²) in [6, 6.07) is 4.46. The molecule has 102 valence electrons. The maximum atomic E-state index is 12.0. The fraction of sp³-hybridized carbons (Fsp3) is 0.500. The van der Waals surface area contributed by atoms with Crippen LogP contribution in [-0.4, -0.2) is 25.9 Å². The maximum absolute atomic E-state index is 12.0. The van der Waals surface area contributed by atoms with Crippen molar-refractivity contribution in [3.63, 3.8) is 0 Å². The van der Waals surface area contributed by atoms with E-state index in [0.717, 1.165) is 12.8 Å². The molecule has 0 aliphatic heterocycles. The number of nitrogen functional groups attached to an aromatic ring is 1. The molecule has 0 fully saturated rings. The van der Waals surface area contributed by atoms with Gasteiger partial charge in [0.05, 0.1) is 15.7 Å². The first-order valence-electron chi connectivity index (χ1n) is 5.86. The topological polar surface area (TPSA) is 80.4 Å². The fourth-order valence-corrected chi connectivity index (χ4v) is 3.58. The molecular weight excluding hydrogens is 274 g/mol. The van der Waals surface area contributed by atoms with Gasteiger partial charge in [0.25, 0.3) is 0 Å². The third-order valence-electron chi connectivity index (χ3n) is 2.61. The molecule has 3 N–H and O–H groups in total. The number of aliphatic hydroxyl groups is 1. The minimum Gasteiger partial charge on any atom is -0.399 e. The van der Waals surface area contributed by atoms with Crippen molar-refractivity contribution < 1.29 is 13.5 Å². The van der Waals surface area contributed by atoms with Gasteiger partial charge in [-0.3, -0.25) is 0 Å². The average Bonchev–Trinajstić information content (AvgIpc) is 2.32. The first-order chi connectivity index (χ1) is 8.47. The summed E-state index contributed by atoms with van der Waals surface area (Å²) in [4.78, 5) is 0.103. The third-order valence-corrected chi connectivity index (χ3v) is 4.89. The Morgan fingerprint density at radius 2 is 1.83 bits per heavy atom. The van der Waals surface area contributed by atoms with Gasteiger partial charge < -0.3 is 10.8 Å². The van der Waals surface area contributed by atoms with Crippen molar-refractivity contribution in [2.75, 3.05) is 18.1 Å². The van der Waals surface area contributed by atoms with E-state index < -0.39 is 9.84 Å². The van der Waals surface area contributed by atoms with Gasteiger partial charge >= 0.3 is 0 Å². The summed E-state index contributed by atoms with van der Waals surface area (Å²) in [7, 11) is -3.38. The minimum atomic E-state index is -3.38. The van der Waals surface area contributed by atoms with Gasteiger partial charge in [0.1, 0.15) is 0 Å². The number of rotatable bonds is 7. The van der Waals surface area contributed by atoms with Gasteiger partial charge in [-0.15, -0.1) is 0 Å². The van der Waals surface area contributed by atoms with E-state index in [4.69, 9.17) is 22.4 Å². The highest BCUT2D eigenvalue weighted by Gasteiger charge is 2.17. The number of hydrogen-bond donors (Lipinski definition) is 2. The zero-order chi connectivity index (χ0) is 13.6. The summed E-state index contributed by atoms with van der Waals surface area (Å²) in [5.41, 5.74) is 5.95. The van der Waals surface area contributed by atoms with E-state index in [-0.39, 0.29) is 22.3 Å². The Bertz CT molecular complexity index is 488. The Morgan fingerprint density at radius 3 is 2.50 bits per heavy atom. The molecule has 0 heterocycles. The fourth-order valence-electron chi connectivity index (χ4n) is 1.63. The SMILES string of the molecule is Nc1ccc(Cl)c(S(=O)(=O)CCCCCCO)c1. The summed E-state index contributed by atoms with van der Waals surface area (Å²) >= 11 is 5.88. The normalized spacial score (nSPS) is 11.7. The molecule has 1 aromatic rings. The lowest BCUT2D eigenvalue weighted by atomic mass is 10.2. The van der Waals surface area contributed by atoms with Crippen molar-refractivity contribution >= 4 is 27.1 Å². The quantitative estimate of drug-likeness (QED) is 0.596. The highest BCUT2D eigenvalue weighted by molar-refractivity contribution is 7.91. The average molecular weight is 292 g/mol. The van der Waals surface area contributed by atoms with Crippen molar-refractivity contribution in [2.45, 2.75) is 30.6 Å². The first-order valence-corrected chi connectivity index (χ1v) is 7.89. The molecule has 18 heavy (non-hydrogen) atoms. The zero-order valence-corrected chi connectivity index (χ0v) is 11.7. The van der Waals surface area contributed by atoms with Gasteiger partial charge in [-0.25, -0.2) is 8.42 Å². The molecule has 0 aromatic heterocycles. The van der Waals surface area contributed by atoms with Crippen LogP contribution in [0.5, 0.6) is 0 Å². The summed E-state index contributed by atoms with van der Waals surface area (Å²) in [5, 5.41) is 8.83. The van der Waals surface area contributed by atoms with E-state index in [1.165, 1.54) is 12.1 Å². The van der Waals surface area contributed by atoms with E-state index in [2.05, 4.69) is 0 Å². The van der Waals surface area contributed by atoms with Gasteiger partial charge in [-0.2, -0.15) is 0 Å². The molecule has 0 bridgehead atoms. The monoisotopic (exact) mass is 291 g/mol. The van der Waals surface area contributed by atoms with Crippen LogP contribution in [0.15, 0.2) is 23.1 Å². The molecule has 0 unspecified atom stereocenters. The largest absolute Gasteiger partial charge is 0.399 e. The zero-order valence-electron chi connectivity index (χ0n) is 10.1. The van der Waals surface area contributed by atoms with Crippen LogP contribution in [0, 0.1) is 0 Å². The van der Waals surface area contributed by atoms with E-state index in [9.17, 15) is 8.42 Å². The van der Waals surface area contributed by atoms with E-state index in [1.54, 1.807) is 6.07 Å². The molecule has 0 radical (unpaired) electrons. The van der Waals surface area contributed by atoms with Crippen molar-refractivity contribution in [1.29, 1.82) is 0 Å². The molecule has 1 rings (SSSR count). The summed E-state index contributed by atoms with van der Waals surface area (Å²) in [5.74, 6) is 0.0571. The molecule has 0 aliphatic rings. The molecular formula is C12H18ClNO3S. The molecule has 4 nitrogen and oxygen atoms in total. The van der Waals surface area contributed by atoms with Crippen LogP contribution in [0.3, 0.4) is 0 Å². The smallest absolute Gasteiger partial charge is 0.179 e. The summed E-state index contributed by atoms with van der Waals surface area (Å²) in [6.45, 7) is 0.147. The Kier molecular flexibility index (Phi) is 5.91. The Hall–Kier alpha value is -0.780. The second-order valence-corrected chi connectivity index (χ2v) is 6.63. The van der Waals surface area contributed by atoms with Crippen molar-refractivity contribution in [3.8, 4) is 0 Å². The summed E-state index contributed by atoms with van der Waals surface area (Å²) < 4.78 is 24.1. The van der Waals surface area contributed by atoms with Crippen molar-refractivity contribution in [2.24, 2.45) is 0 Å². The lowest BCUT2D eigenvalue weighted by Crippen LogP contribution is -2.08. The minimum absolute atomic E-state index is 0.0571. The first kappa shape index (κ1) is 15.3. The standard InChI is InChI=1S/C12H18ClNO3S/c13-11-6-5-10(14)9-12(11)18(16,17)8-4-2-1-3-7-15/h5-6,9,15H,1-4,7-8,14H2. The number of unbranched alkanes of at least 4 members (excludes halogenated alkanes) is 3. The molecule has 1 aromatic carbocycles. The molecule has 0 amide bonds. The molecule has 6 heteroatoms. The number of anilines is 1.